The van der Waals surface area contributed by atoms with Gasteiger partial charge in [0.2, 0.25) is 5.88 Å². The molecule has 1 aliphatic heterocycles. The van der Waals surface area contributed by atoms with Crippen LogP contribution >= 0.6 is 0 Å². The lowest BCUT2D eigenvalue weighted by molar-refractivity contribution is -0.00714. The number of carbonyl (C=O) groups is 1. The molecule has 0 fully saturated rings. The van der Waals surface area contributed by atoms with Gasteiger partial charge in [0.15, 0.2) is 0 Å². The normalized spacial score (nSPS) is 17.3. The van der Waals surface area contributed by atoms with E-state index in [4.69, 9.17) is 15.2 Å². The van der Waals surface area contributed by atoms with Crippen LogP contribution in [-0.4, -0.2) is 53.1 Å². The summed E-state index contributed by atoms with van der Waals surface area (Å²) in [6, 6.07) is 5.30. The molecule has 4 heterocycles. The highest BCUT2D eigenvalue weighted by molar-refractivity contribution is 7.90. The van der Waals surface area contributed by atoms with Crippen molar-refractivity contribution in [2.45, 2.75) is 71.1 Å². The second-order valence-corrected chi connectivity index (χ2v) is 13.1. The molecule has 4 rings (SSSR count). The number of fused-ring (bicyclic) bond motifs is 2. The summed E-state index contributed by atoms with van der Waals surface area (Å²) in [5, 5.41) is 4.73. The maximum Gasteiger partial charge on any atom is 0.340 e. The van der Waals surface area contributed by atoms with E-state index in [1.807, 2.05) is 40.7 Å². The quantitative estimate of drug-likeness (QED) is 0.380. The second kappa shape index (κ2) is 10.1. The smallest absolute Gasteiger partial charge is 0.340 e. The van der Waals surface area contributed by atoms with Crippen molar-refractivity contribution in [3.8, 4) is 5.88 Å². The van der Waals surface area contributed by atoms with Crippen LogP contribution in [0.25, 0.3) is 10.8 Å². The third kappa shape index (κ3) is 6.21. The van der Waals surface area contributed by atoms with Gasteiger partial charge in [0.1, 0.15) is 27.1 Å². The zero-order valence-corrected chi connectivity index (χ0v) is 23.5. The van der Waals surface area contributed by atoms with E-state index in [9.17, 15) is 13.2 Å². The Labute approximate surface area is 223 Å². The summed E-state index contributed by atoms with van der Waals surface area (Å²) < 4.78 is 34.6. The van der Waals surface area contributed by atoms with E-state index in [0.29, 0.717) is 53.4 Å². The lowest BCUT2D eigenvalue weighted by Crippen LogP contribution is -2.36. The summed E-state index contributed by atoms with van der Waals surface area (Å²) >= 11 is 0. The van der Waals surface area contributed by atoms with E-state index >= 15 is 0 Å². The van der Waals surface area contributed by atoms with Gasteiger partial charge in [-0.05, 0) is 69.7 Å². The Morgan fingerprint density at radius 2 is 1.95 bits per heavy atom. The molecule has 0 aromatic carbocycles. The molecule has 3 aromatic rings. The predicted octanol–water partition coefficient (Wildman–Crippen LogP) is 4.05. The van der Waals surface area contributed by atoms with Crippen LogP contribution in [0, 0.1) is 0 Å². The third-order valence-electron chi connectivity index (χ3n) is 6.71. The first-order chi connectivity index (χ1) is 17.7. The monoisotopic (exact) mass is 541 g/mol. The van der Waals surface area contributed by atoms with Crippen LogP contribution in [0.2, 0.25) is 0 Å². The Hall–Kier alpha value is -3.31. The summed E-state index contributed by atoms with van der Waals surface area (Å²) in [4.78, 5) is 26.1. The van der Waals surface area contributed by atoms with Gasteiger partial charge >= 0.3 is 5.97 Å². The SMILES string of the molecule is CC[C@@](C)(N)c1cnc(O[C@H](C)CCS(C)(=O)=O)c2cnc(Nc3ccc4c(n3)CC(C)(C)OC4=O)cc12. The molecule has 0 bridgehead atoms. The minimum atomic E-state index is -3.10. The first kappa shape index (κ1) is 27.7. The van der Waals surface area contributed by atoms with Gasteiger partial charge in [0.05, 0.1) is 28.5 Å². The molecule has 0 saturated carbocycles. The molecule has 38 heavy (non-hydrogen) atoms. The summed E-state index contributed by atoms with van der Waals surface area (Å²) in [6.07, 6.45) is 5.74. The Balaban J connectivity index is 1.69. The van der Waals surface area contributed by atoms with Gasteiger partial charge < -0.3 is 20.5 Å². The highest BCUT2D eigenvalue weighted by Gasteiger charge is 2.33. The van der Waals surface area contributed by atoms with E-state index < -0.39 is 21.0 Å². The van der Waals surface area contributed by atoms with Crippen LogP contribution in [0.15, 0.2) is 30.6 Å². The van der Waals surface area contributed by atoms with E-state index in [1.54, 1.807) is 24.5 Å². The van der Waals surface area contributed by atoms with Crippen molar-refractivity contribution < 1.29 is 22.7 Å². The minimum absolute atomic E-state index is 0.0237. The van der Waals surface area contributed by atoms with Crippen molar-refractivity contribution in [2.75, 3.05) is 17.3 Å². The number of hydrogen-bond acceptors (Lipinski definition) is 10. The Morgan fingerprint density at radius 3 is 2.63 bits per heavy atom. The van der Waals surface area contributed by atoms with E-state index in [-0.39, 0.29) is 17.8 Å². The average Bonchev–Trinajstić information content (AvgIpc) is 2.81. The molecule has 0 saturated heterocycles. The van der Waals surface area contributed by atoms with Crippen molar-refractivity contribution in [1.29, 1.82) is 0 Å². The Morgan fingerprint density at radius 1 is 1.21 bits per heavy atom. The number of rotatable bonds is 9. The molecule has 1 aliphatic rings. The van der Waals surface area contributed by atoms with Crippen molar-refractivity contribution in [3.63, 3.8) is 0 Å². The second-order valence-electron chi connectivity index (χ2n) is 10.9. The molecular formula is C27H35N5O5S. The van der Waals surface area contributed by atoms with Crippen molar-refractivity contribution >= 4 is 38.2 Å². The number of sulfone groups is 1. The summed E-state index contributed by atoms with van der Waals surface area (Å²) in [7, 11) is -3.10. The minimum Gasteiger partial charge on any atom is -0.474 e. The van der Waals surface area contributed by atoms with Gasteiger partial charge in [-0.3, -0.25) is 0 Å². The molecule has 10 nitrogen and oxygen atoms in total. The molecule has 11 heteroatoms. The first-order valence-corrected chi connectivity index (χ1v) is 14.7. The molecule has 2 atom stereocenters. The molecule has 3 N–H and O–H groups in total. The van der Waals surface area contributed by atoms with Crippen molar-refractivity contribution in [1.82, 2.24) is 15.0 Å². The number of cyclic esters (lactones) is 1. The van der Waals surface area contributed by atoms with Gasteiger partial charge in [-0.25, -0.2) is 28.2 Å². The number of anilines is 2. The van der Waals surface area contributed by atoms with Gasteiger partial charge in [-0.2, -0.15) is 0 Å². The highest BCUT2D eigenvalue weighted by Crippen LogP contribution is 2.35. The van der Waals surface area contributed by atoms with Gasteiger partial charge in [0.25, 0.3) is 0 Å². The van der Waals surface area contributed by atoms with Gasteiger partial charge in [0, 0.05) is 30.6 Å². The number of esters is 1. The third-order valence-corrected chi connectivity index (χ3v) is 7.68. The van der Waals surface area contributed by atoms with Crippen LogP contribution in [0.1, 0.15) is 69.1 Å². The van der Waals surface area contributed by atoms with Crippen LogP contribution in [0.5, 0.6) is 5.88 Å². The van der Waals surface area contributed by atoms with Crippen LogP contribution < -0.4 is 15.8 Å². The molecular weight excluding hydrogens is 506 g/mol. The molecule has 204 valence electrons. The van der Waals surface area contributed by atoms with Crippen LogP contribution in [0.4, 0.5) is 11.6 Å². The van der Waals surface area contributed by atoms with Crippen molar-refractivity contribution in [3.05, 3.63) is 47.4 Å². The highest BCUT2D eigenvalue weighted by atomic mass is 32.2. The number of aromatic nitrogens is 3. The number of carbonyl (C=O) groups excluding carboxylic acids is 1. The molecule has 0 unspecified atom stereocenters. The van der Waals surface area contributed by atoms with E-state index in [0.717, 1.165) is 10.9 Å². The fourth-order valence-corrected chi connectivity index (χ4v) is 5.08. The molecule has 0 radical (unpaired) electrons. The lowest BCUT2D eigenvalue weighted by Gasteiger charge is -2.30. The summed E-state index contributed by atoms with van der Waals surface area (Å²) in [5.41, 5.74) is 7.31. The number of nitrogens with zero attached hydrogens (tertiary/aromatic N) is 3. The zero-order valence-electron chi connectivity index (χ0n) is 22.7. The standard InChI is InChI=1S/C27H35N5O5S/c1-7-27(5,28)20-15-30-24(36-16(2)10-11-38(6,34)35)19-14-29-23(12-18(19)20)32-22-9-8-17-21(31-22)13-26(3,4)37-25(17)33/h8-9,12,14-16H,7,10-11,13,28H2,1-6H3,(H,29,31,32)/t16-,27-/m1/s1. The topological polar surface area (TPSA) is 146 Å². The average molecular weight is 542 g/mol. The maximum absolute atomic E-state index is 12.3. The molecule has 3 aromatic heterocycles. The number of nitrogens with one attached hydrogen (secondary N) is 1. The van der Waals surface area contributed by atoms with Crippen LogP contribution in [0.3, 0.4) is 0 Å². The lowest BCUT2D eigenvalue weighted by atomic mass is 9.88. The molecule has 0 aliphatic carbocycles. The number of nitrogens with two attached hydrogens (primary N) is 1. The van der Waals surface area contributed by atoms with Gasteiger partial charge in [-0.1, -0.05) is 6.92 Å². The maximum atomic E-state index is 12.3. The molecule has 0 amide bonds. The Bertz CT molecular complexity index is 1490. The first-order valence-electron chi connectivity index (χ1n) is 12.6. The van der Waals surface area contributed by atoms with E-state index in [1.165, 1.54) is 6.26 Å². The fraction of sp³-hybridized carbons (Fsp3) is 0.481. The zero-order chi connectivity index (χ0) is 27.9. The fourth-order valence-electron chi connectivity index (χ4n) is 4.32. The van der Waals surface area contributed by atoms with Crippen LogP contribution in [-0.2, 0) is 26.5 Å². The number of ether oxygens (including phenoxy) is 2. The number of hydrogen-bond donors (Lipinski definition) is 2. The summed E-state index contributed by atoms with van der Waals surface area (Å²) in [5.74, 6) is 1.10. The summed E-state index contributed by atoms with van der Waals surface area (Å²) in [6.45, 7) is 9.48. The number of pyridine rings is 3. The Kier molecular flexibility index (Phi) is 7.37. The largest absolute Gasteiger partial charge is 0.474 e. The van der Waals surface area contributed by atoms with Crippen molar-refractivity contribution in [2.24, 2.45) is 5.73 Å². The van der Waals surface area contributed by atoms with Gasteiger partial charge in [-0.15, -0.1) is 0 Å². The molecule has 0 spiro atoms. The van der Waals surface area contributed by atoms with E-state index in [2.05, 4.69) is 20.3 Å². The predicted molar refractivity (Wildman–Crippen MR) is 147 cm³/mol.